The van der Waals surface area contributed by atoms with Crippen molar-refractivity contribution in [3.63, 3.8) is 0 Å². The Morgan fingerprint density at radius 2 is 1.12 bits per heavy atom. The van der Waals surface area contributed by atoms with Gasteiger partial charge in [0.05, 0.1) is 0 Å². The zero-order valence-corrected chi connectivity index (χ0v) is 16.9. The Bertz CT molecular complexity index is 1340. The molecular weight excluding hydrogens is 468 g/mol. The third kappa shape index (κ3) is 4.59. The molecule has 1 nitrogen and oxygen atoms in total. The standard InChI is InChI=1S/C25H12F8O/c26-16-4-8-19(21(28)12-16)25(32,33)34-17-5-1-13(2-6-17)14-3-7-18(20(27)9-14)15-10-22(29)24(31)23(30)11-15/h1-12H. The van der Waals surface area contributed by atoms with Crippen molar-refractivity contribution in [2.45, 2.75) is 6.11 Å². The van der Waals surface area contributed by atoms with Gasteiger partial charge in [0.2, 0.25) is 0 Å². The van der Waals surface area contributed by atoms with E-state index in [-0.39, 0.29) is 16.9 Å². The highest BCUT2D eigenvalue weighted by Crippen LogP contribution is 2.35. The lowest BCUT2D eigenvalue weighted by molar-refractivity contribution is -0.187. The summed E-state index contributed by atoms with van der Waals surface area (Å²) in [7, 11) is 0. The lowest BCUT2D eigenvalue weighted by Gasteiger charge is -2.19. The minimum atomic E-state index is -4.09. The lowest BCUT2D eigenvalue weighted by Crippen LogP contribution is -2.23. The maximum Gasteiger partial charge on any atom is 0.429 e. The Morgan fingerprint density at radius 3 is 1.71 bits per heavy atom. The van der Waals surface area contributed by atoms with E-state index >= 15 is 0 Å². The molecule has 0 spiro atoms. The summed E-state index contributed by atoms with van der Waals surface area (Å²) in [4.78, 5) is 0. The van der Waals surface area contributed by atoms with Crippen LogP contribution in [0.15, 0.2) is 72.8 Å². The van der Waals surface area contributed by atoms with Crippen molar-refractivity contribution >= 4 is 0 Å². The SMILES string of the molecule is Fc1ccc(C(F)(F)Oc2ccc(-c3ccc(-c4cc(F)c(F)c(F)c4)c(F)c3)cc2)c(F)c1. The molecule has 0 aromatic heterocycles. The molecule has 0 fully saturated rings. The fraction of sp³-hybridized carbons (Fsp3) is 0.0400. The zero-order chi connectivity index (χ0) is 24.6. The monoisotopic (exact) mass is 480 g/mol. The van der Waals surface area contributed by atoms with Gasteiger partial charge in [0, 0.05) is 11.6 Å². The van der Waals surface area contributed by atoms with Gasteiger partial charge < -0.3 is 4.74 Å². The summed E-state index contributed by atoms with van der Waals surface area (Å²) in [6, 6.07) is 11.5. The van der Waals surface area contributed by atoms with Crippen molar-refractivity contribution in [1.29, 1.82) is 0 Å². The molecule has 0 aliphatic carbocycles. The molecule has 0 heterocycles. The number of hydrogen-bond donors (Lipinski definition) is 0. The van der Waals surface area contributed by atoms with Crippen molar-refractivity contribution in [2.75, 3.05) is 0 Å². The van der Waals surface area contributed by atoms with Crippen LogP contribution in [-0.4, -0.2) is 0 Å². The topological polar surface area (TPSA) is 9.23 Å². The second kappa shape index (κ2) is 8.81. The molecule has 0 unspecified atom stereocenters. The molecule has 4 aromatic carbocycles. The van der Waals surface area contributed by atoms with E-state index in [2.05, 4.69) is 4.74 Å². The molecular formula is C25H12F8O. The molecule has 0 atom stereocenters. The average molecular weight is 480 g/mol. The van der Waals surface area contributed by atoms with Crippen LogP contribution in [0, 0.1) is 34.9 Å². The van der Waals surface area contributed by atoms with Crippen molar-refractivity contribution in [3.05, 3.63) is 113 Å². The summed E-state index contributed by atoms with van der Waals surface area (Å²) in [5, 5.41) is 0. The Kier molecular flexibility index (Phi) is 6.03. The third-order valence-electron chi connectivity index (χ3n) is 4.94. The summed E-state index contributed by atoms with van der Waals surface area (Å²) >= 11 is 0. The zero-order valence-electron chi connectivity index (χ0n) is 16.9. The molecule has 0 bridgehead atoms. The largest absolute Gasteiger partial charge is 0.429 e. The maximum absolute atomic E-state index is 14.6. The summed E-state index contributed by atoms with van der Waals surface area (Å²) in [6.45, 7) is 0. The summed E-state index contributed by atoms with van der Waals surface area (Å²) in [5.41, 5.74) is -0.857. The normalized spacial score (nSPS) is 11.5. The predicted octanol–water partition coefficient (Wildman–Crippen LogP) is 7.98. The van der Waals surface area contributed by atoms with Crippen molar-refractivity contribution in [3.8, 4) is 28.0 Å². The van der Waals surface area contributed by atoms with E-state index in [4.69, 9.17) is 0 Å². The molecule has 4 aromatic rings. The van der Waals surface area contributed by atoms with E-state index < -0.39 is 46.6 Å². The van der Waals surface area contributed by atoms with Crippen LogP contribution in [0.25, 0.3) is 22.3 Å². The molecule has 174 valence electrons. The highest BCUT2D eigenvalue weighted by molar-refractivity contribution is 5.71. The fourth-order valence-corrected chi connectivity index (χ4v) is 3.28. The van der Waals surface area contributed by atoms with Gasteiger partial charge in [-0.25, -0.2) is 26.3 Å². The van der Waals surface area contributed by atoms with Gasteiger partial charge in [0.15, 0.2) is 17.5 Å². The number of alkyl halides is 2. The number of benzene rings is 4. The molecule has 0 saturated heterocycles. The highest BCUT2D eigenvalue weighted by atomic mass is 19.3. The number of hydrogen-bond acceptors (Lipinski definition) is 1. The van der Waals surface area contributed by atoms with Crippen LogP contribution in [0.5, 0.6) is 5.75 Å². The third-order valence-corrected chi connectivity index (χ3v) is 4.94. The first-order chi connectivity index (χ1) is 16.0. The molecule has 9 heteroatoms. The van der Waals surface area contributed by atoms with Crippen LogP contribution in [0.1, 0.15) is 5.56 Å². The van der Waals surface area contributed by atoms with E-state index in [9.17, 15) is 35.1 Å². The number of rotatable bonds is 5. The smallest absolute Gasteiger partial charge is 0.429 e. The Balaban J connectivity index is 1.57. The van der Waals surface area contributed by atoms with Gasteiger partial charge in [0.1, 0.15) is 28.8 Å². The van der Waals surface area contributed by atoms with E-state index in [0.29, 0.717) is 41.5 Å². The Morgan fingerprint density at radius 1 is 0.529 bits per heavy atom. The van der Waals surface area contributed by atoms with Crippen LogP contribution in [-0.2, 0) is 6.11 Å². The summed E-state index contributed by atoms with van der Waals surface area (Å²) < 4.78 is 114. The molecule has 0 amide bonds. The first kappa shape index (κ1) is 23.3. The first-order valence-corrected chi connectivity index (χ1v) is 9.62. The first-order valence-electron chi connectivity index (χ1n) is 9.62. The highest BCUT2D eigenvalue weighted by Gasteiger charge is 2.37. The lowest BCUT2D eigenvalue weighted by atomic mass is 9.99. The van der Waals surface area contributed by atoms with Crippen molar-refractivity contribution in [1.82, 2.24) is 0 Å². The van der Waals surface area contributed by atoms with E-state index in [1.807, 2.05) is 0 Å². The molecule has 0 saturated carbocycles. The van der Waals surface area contributed by atoms with Crippen molar-refractivity contribution < 1.29 is 39.9 Å². The van der Waals surface area contributed by atoms with Gasteiger partial charge in [-0.3, -0.25) is 0 Å². The minimum absolute atomic E-state index is 0.178. The van der Waals surface area contributed by atoms with Crippen LogP contribution in [0.4, 0.5) is 35.1 Å². The molecule has 0 aliphatic heterocycles. The van der Waals surface area contributed by atoms with Crippen LogP contribution in [0.2, 0.25) is 0 Å². The predicted molar refractivity (Wildman–Crippen MR) is 108 cm³/mol. The quantitative estimate of drug-likeness (QED) is 0.208. The van der Waals surface area contributed by atoms with Crippen LogP contribution < -0.4 is 4.74 Å². The van der Waals surface area contributed by atoms with Gasteiger partial charge in [-0.1, -0.05) is 24.3 Å². The maximum atomic E-state index is 14.6. The minimum Gasteiger partial charge on any atom is -0.429 e. The second-order valence-electron chi connectivity index (χ2n) is 7.22. The van der Waals surface area contributed by atoms with Gasteiger partial charge in [0.25, 0.3) is 0 Å². The molecule has 0 aliphatic rings. The van der Waals surface area contributed by atoms with Gasteiger partial charge >= 0.3 is 6.11 Å². The van der Waals surface area contributed by atoms with Gasteiger partial charge in [-0.15, -0.1) is 0 Å². The summed E-state index contributed by atoms with van der Waals surface area (Å²) in [6.07, 6.45) is -4.09. The van der Waals surface area contributed by atoms with Crippen molar-refractivity contribution in [2.24, 2.45) is 0 Å². The summed E-state index contributed by atoms with van der Waals surface area (Å²) in [5.74, 6) is -8.30. The number of ether oxygens (including phenoxy) is 1. The second-order valence-corrected chi connectivity index (χ2v) is 7.22. The molecule has 34 heavy (non-hydrogen) atoms. The van der Waals surface area contributed by atoms with Gasteiger partial charge in [-0.05, 0) is 59.2 Å². The van der Waals surface area contributed by atoms with Crippen LogP contribution in [0.3, 0.4) is 0 Å². The molecule has 0 N–H and O–H groups in total. The molecule has 4 rings (SSSR count). The Hall–Kier alpha value is -3.88. The van der Waals surface area contributed by atoms with E-state index in [1.54, 1.807) is 0 Å². The van der Waals surface area contributed by atoms with E-state index in [0.717, 1.165) is 18.2 Å². The number of halogens is 8. The molecule has 0 radical (unpaired) electrons. The van der Waals surface area contributed by atoms with Crippen LogP contribution >= 0.6 is 0 Å². The average Bonchev–Trinajstić information content (AvgIpc) is 2.77. The Labute approximate surface area is 187 Å². The fourth-order valence-electron chi connectivity index (χ4n) is 3.28. The van der Waals surface area contributed by atoms with E-state index in [1.165, 1.54) is 24.3 Å². The van der Waals surface area contributed by atoms with Gasteiger partial charge in [-0.2, -0.15) is 8.78 Å².